The number of aliphatic hydroxyl groups is 1. The number of thioether (sulfide) groups is 1. The van der Waals surface area contributed by atoms with Crippen LogP contribution in [0.2, 0.25) is 0 Å². The molecule has 0 aliphatic rings. The van der Waals surface area contributed by atoms with Crippen molar-refractivity contribution in [3.8, 4) is 0 Å². The van der Waals surface area contributed by atoms with Crippen LogP contribution in [0.15, 0.2) is 6.07 Å². The summed E-state index contributed by atoms with van der Waals surface area (Å²) >= 11 is 3.28. The Labute approximate surface area is 127 Å². The second kappa shape index (κ2) is 6.60. The predicted octanol–water partition coefficient (Wildman–Crippen LogP) is 2.36. The van der Waals surface area contributed by atoms with Crippen molar-refractivity contribution in [1.82, 2.24) is 9.97 Å². The number of thiophene rings is 1. The molecule has 0 aromatic carbocycles. The minimum Gasteiger partial charge on any atom is -0.395 e. The van der Waals surface area contributed by atoms with E-state index in [1.54, 1.807) is 23.1 Å². The summed E-state index contributed by atoms with van der Waals surface area (Å²) in [5, 5.41) is 13.8. The number of nitrogen functional groups attached to an aromatic ring is 1. The number of anilines is 2. The number of fused-ring (bicyclic) bond motifs is 1. The van der Waals surface area contributed by atoms with Crippen LogP contribution in [-0.2, 0) is 6.42 Å². The van der Waals surface area contributed by atoms with Crippen LogP contribution in [0.25, 0.3) is 10.2 Å². The smallest absolute Gasteiger partial charge is 0.223 e. The first-order valence-electron chi connectivity index (χ1n) is 6.55. The van der Waals surface area contributed by atoms with E-state index in [1.165, 1.54) is 4.88 Å². The number of nitrogens with two attached hydrogens (primary N) is 1. The Morgan fingerprint density at radius 1 is 1.50 bits per heavy atom. The molecule has 0 saturated heterocycles. The molecule has 0 fully saturated rings. The van der Waals surface area contributed by atoms with Crippen molar-refractivity contribution in [3.63, 3.8) is 0 Å². The van der Waals surface area contributed by atoms with Gasteiger partial charge in [0.15, 0.2) is 0 Å². The molecule has 2 heterocycles. The summed E-state index contributed by atoms with van der Waals surface area (Å²) in [6.07, 6.45) is 2.96. The minimum atomic E-state index is 0.0949. The van der Waals surface area contributed by atoms with Gasteiger partial charge in [0.2, 0.25) is 5.95 Å². The molecule has 110 valence electrons. The van der Waals surface area contributed by atoms with E-state index in [-0.39, 0.29) is 23.8 Å². The number of rotatable bonds is 6. The summed E-state index contributed by atoms with van der Waals surface area (Å²) in [7, 11) is 0. The summed E-state index contributed by atoms with van der Waals surface area (Å²) in [6.45, 7) is 4.28. The SMILES string of the molecule is CCc1cc2c(NC(C)C(CO)SC)nc(N)nc2s1. The van der Waals surface area contributed by atoms with Gasteiger partial charge in [0.1, 0.15) is 10.6 Å². The number of aliphatic hydroxyl groups excluding tert-OH is 1. The van der Waals surface area contributed by atoms with Crippen LogP contribution < -0.4 is 11.1 Å². The Balaban J connectivity index is 2.35. The summed E-state index contributed by atoms with van der Waals surface area (Å²) in [6, 6.07) is 2.21. The molecule has 4 N–H and O–H groups in total. The molecule has 2 aromatic heterocycles. The van der Waals surface area contributed by atoms with Crippen molar-refractivity contribution < 1.29 is 5.11 Å². The average Bonchev–Trinajstić information content (AvgIpc) is 2.83. The number of hydrogen-bond donors (Lipinski definition) is 3. The van der Waals surface area contributed by atoms with E-state index in [0.717, 1.165) is 22.5 Å². The number of aryl methyl sites for hydroxylation is 1. The van der Waals surface area contributed by atoms with Crippen LogP contribution >= 0.6 is 23.1 Å². The maximum atomic E-state index is 9.37. The molecule has 7 heteroatoms. The largest absolute Gasteiger partial charge is 0.395 e. The first-order chi connectivity index (χ1) is 9.58. The molecular weight excluding hydrogens is 292 g/mol. The normalized spacial score (nSPS) is 14.4. The molecule has 0 bridgehead atoms. The van der Waals surface area contributed by atoms with Crippen LogP contribution in [0.3, 0.4) is 0 Å². The van der Waals surface area contributed by atoms with Gasteiger partial charge in [-0.05, 0) is 25.7 Å². The third-order valence-corrected chi connectivity index (χ3v) is 5.55. The van der Waals surface area contributed by atoms with Gasteiger partial charge in [-0.2, -0.15) is 16.7 Å². The van der Waals surface area contributed by atoms with E-state index < -0.39 is 0 Å². The van der Waals surface area contributed by atoms with Gasteiger partial charge in [-0.1, -0.05) is 6.92 Å². The summed E-state index contributed by atoms with van der Waals surface area (Å²) < 4.78 is 0. The lowest BCUT2D eigenvalue weighted by molar-refractivity contribution is 0.288. The van der Waals surface area contributed by atoms with Crippen molar-refractivity contribution >= 4 is 45.1 Å². The Morgan fingerprint density at radius 2 is 2.25 bits per heavy atom. The Bertz CT molecular complexity index is 583. The predicted molar refractivity (Wildman–Crippen MR) is 88.7 cm³/mol. The fourth-order valence-corrected chi connectivity index (χ4v) is 3.62. The summed E-state index contributed by atoms with van der Waals surface area (Å²) in [5.41, 5.74) is 5.78. The maximum Gasteiger partial charge on any atom is 0.223 e. The molecule has 2 atom stereocenters. The second-order valence-electron chi connectivity index (χ2n) is 4.61. The van der Waals surface area contributed by atoms with Gasteiger partial charge in [-0.25, -0.2) is 4.98 Å². The zero-order valence-corrected chi connectivity index (χ0v) is 13.5. The quantitative estimate of drug-likeness (QED) is 0.759. The van der Waals surface area contributed by atoms with E-state index in [4.69, 9.17) is 5.73 Å². The molecule has 2 rings (SSSR count). The number of nitrogens with zero attached hydrogens (tertiary/aromatic N) is 2. The number of nitrogens with one attached hydrogen (secondary N) is 1. The second-order valence-corrected chi connectivity index (χ2v) is 6.80. The molecule has 0 spiro atoms. The number of aromatic nitrogens is 2. The van der Waals surface area contributed by atoms with Crippen molar-refractivity contribution in [3.05, 3.63) is 10.9 Å². The highest BCUT2D eigenvalue weighted by atomic mass is 32.2. The Hall–Kier alpha value is -1.05. The van der Waals surface area contributed by atoms with Crippen LogP contribution in [0.5, 0.6) is 0 Å². The third-order valence-electron chi connectivity index (χ3n) is 3.21. The highest BCUT2D eigenvalue weighted by Gasteiger charge is 2.18. The van der Waals surface area contributed by atoms with E-state index in [2.05, 4.69) is 28.3 Å². The van der Waals surface area contributed by atoms with E-state index in [0.29, 0.717) is 0 Å². The average molecular weight is 312 g/mol. The van der Waals surface area contributed by atoms with Gasteiger partial charge in [0.05, 0.1) is 12.0 Å². The zero-order chi connectivity index (χ0) is 14.7. The van der Waals surface area contributed by atoms with Gasteiger partial charge >= 0.3 is 0 Å². The van der Waals surface area contributed by atoms with Gasteiger partial charge in [0.25, 0.3) is 0 Å². The van der Waals surface area contributed by atoms with E-state index in [9.17, 15) is 5.11 Å². The van der Waals surface area contributed by atoms with Gasteiger partial charge < -0.3 is 16.2 Å². The lowest BCUT2D eigenvalue weighted by Gasteiger charge is -2.22. The molecular formula is C13H20N4OS2. The highest BCUT2D eigenvalue weighted by Crippen LogP contribution is 2.30. The topological polar surface area (TPSA) is 84.1 Å². The fraction of sp³-hybridized carbons (Fsp3) is 0.538. The molecule has 0 amide bonds. The first kappa shape index (κ1) is 15.3. The lowest BCUT2D eigenvalue weighted by Crippen LogP contribution is -2.31. The Morgan fingerprint density at radius 3 is 2.85 bits per heavy atom. The van der Waals surface area contributed by atoms with Crippen molar-refractivity contribution in [1.29, 1.82) is 0 Å². The molecule has 0 aliphatic carbocycles. The van der Waals surface area contributed by atoms with Crippen molar-refractivity contribution in [2.45, 2.75) is 31.6 Å². The van der Waals surface area contributed by atoms with Crippen LogP contribution in [0.1, 0.15) is 18.7 Å². The standard InChI is InChI=1S/C13H20N4OS2/c1-4-8-5-9-11(15-7(2)10(6-18)19-3)16-13(14)17-12(9)20-8/h5,7,10,18H,4,6H2,1-3H3,(H3,14,15,16,17). The molecule has 0 radical (unpaired) electrons. The van der Waals surface area contributed by atoms with Gasteiger partial charge in [-0.3, -0.25) is 0 Å². The number of hydrogen-bond acceptors (Lipinski definition) is 7. The van der Waals surface area contributed by atoms with Crippen LogP contribution in [0, 0.1) is 0 Å². The molecule has 0 saturated carbocycles. The third kappa shape index (κ3) is 3.16. The minimum absolute atomic E-state index is 0.0949. The van der Waals surface area contributed by atoms with Crippen LogP contribution in [0.4, 0.5) is 11.8 Å². The lowest BCUT2D eigenvalue weighted by atomic mass is 10.2. The fourth-order valence-electron chi connectivity index (χ4n) is 2.02. The van der Waals surface area contributed by atoms with Gasteiger partial charge in [0, 0.05) is 16.2 Å². The molecule has 2 unspecified atom stereocenters. The zero-order valence-electron chi connectivity index (χ0n) is 11.9. The summed E-state index contributed by atoms with van der Waals surface area (Å²) in [5.74, 6) is 1.03. The molecule has 0 aliphatic heterocycles. The van der Waals surface area contributed by atoms with E-state index >= 15 is 0 Å². The molecule has 20 heavy (non-hydrogen) atoms. The summed E-state index contributed by atoms with van der Waals surface area (Å²) in [4.78, 5) is 10.8. The van der Waals surface area contributed by atoms with Crippen molar-refractivity contribution in [2.75, 3.05) is 23.9 Å². The van der Waals surface area contributed by atoms with Gasteiger partial charge in [-0.15, -0.1) is 11.3 Å². The Kier molecular flexibility index (Phi) is 5.06. The van der Waals surface area contributed by atoms with Crippen molar-refractivity contribution in [2.24, 2.45) is 0 Å². The first-order valence-corrected chi connectivity index (χ1v) is 8.65. The monoisotopic (exact) mass is 312 g/mol. The highest BCUT2D eigenvalue weighted by molar-refractivity contribution is 7.99. The van der Waals surface area contributed by atoms with E-state index in [1.807, 2.05) is 13.2 Å². The van der Waals surface area contributed by atoms with Crippen LogP contribution in [-0.4, -0.2) is 39.2 Å². The maximum absolute atomic E-state index is 9.37. The molecule has 2 aromatic rings. The molecule has 5 nitrogen and oxygen atoms in total.